The molecule has 0 N–H and O–H groups in total. The number of rotatable bonds is 2. The van der Waals surface area contributed by atoms with Crippen LogP contribution in [0.5, 0.6) is 0 Å². The van der Waals surface area contributed by atoms with E-state index >= 15 is 0 Å². The van der Waals surface area contributed by atoms with E-state index in [2.05, 4.69) is 0 Å². The van der Waals surface area contributed by atoms with Gasteiger partial charge in [0.05, 0.1) is 32.9 Å². The van der Waals surface area contributed by atoms with Crippen LogP contribution in [-0.4, -0.2) is 0 Å². The Balaban J connectivity index is 1.68. The molecule has 0 heteroatoms. The molecule has 0 fully saturated rings. The minimum absolute atomic E-state index is 0.359. The molecule has 40 heavy (non-hydrogen) atoms. The summed E-state index contributed by atoms with van der Waals surface area (Å²) in [6.45, 7) is 0. The molecule has 9 rings (SSSR count). The highest BCUT2D eigenvalue weighted by Gasteiger charge is 2.18. The van der Waals surface area contributed by atoms with Crippen molar-refractivity contribution in [2.75, 3.05) is 0 Å². The summed E-state index contributed by atoms with van der Waals surface area (Å²) in [6, 6.07) is -19.8. The standard InChI is InChI=1S/C40H24/c1-2-8-25(9-3-1)32-23-29-17-15-27-18-20-36(35-21-19-30(24-32)37(29)38(27)35)40-34-13-7-5-11-28(34)22-31-16-14-26-10-4-6-12-33(26)39(31)40/h1-24H/i1D,2D,3D,4D,5D,6D,7D,8D,9D,10D,11D,12D,13D,14D,15D,16D,17D,18D,19D,20D,21D,22D,23D,24D. The van der Waals surface area contributed by atoms with E-state index in [0.717, 1.165) is 0 Å². The molecule has 0 saturated carbocycles. The van der Waals surface area contributed by atoms with Crippen molar-refractivity contribution in [3.05, 3.63) is 145 Å². The Morgan fingerprint density at radius 1 is 0.325 bits per heavy atom. The molecule has 0 radical (unpaired) electrons. The average Bonchev–Trinajstić information content (AvgIpc) is 3.25. The summed E-state index contributed by atoms with van der Waals surface area (Å²) in [6.07, 6.45) is 0. The molecule has 9 aromatic rings. The van der Waals surface area contributed by atoms with Gasteiger partial charge in [-0.25, -0.2) is 0 Å². The first-order valence-corrected chi connectivity index (χ1v) is 12.0. The third kappa shape index (κ3) is 3.02. The Labute approximate surface area is 265 Å². The van der Waals surface area contributed by atoms with Gasteiger partial charge >= 0.3 is 0 Å². The van der Waals surface area contributed by atoms with Gasteiger partial charge in [0.15, 0.2) is 0 Å². The fourth-order valence-corrected chi connectivity index (χ4v) is 5.22. The first kappa shape index (κ1) is 8.91. The summed E-state index contributed by atoms with van der Waals surface area (Å²) in [5.74, 6) is 0. The van der Waals surface area contributed by atoms with Crippen molar-refractivity contribution in [3.8, 4) is 22.3 Å². The zero-order chi connectivity index (χ0) is 47.1. The van der Waals surface area contributed by atoms with Gasteiger partial charge in [0.1, 0.15) is 0 Å². The maximum Gasteiger partial charge on any atom is 0.0636 e. The van der Waals surface area contributed by atoms with Gasteiger partial charge in [0, 0.05) is 0 Å². The molecule has 0 heterocycles. The van der Waals surface area contributed by atoms with Crippen LogP contribution in [-0.2, 0) is 0 Å². The van der Waals surface area contributed by atoms with Crippen LogP contribution in [0.4, 0.5) is 0 Å². The lowest BCUT2D eigenvalue weighted by atomic mass is 9.84. The largest absolute Gasteiger partial charge is 0.0636 e. The summed E-state index contributed by atoms with van der Waals surface area (Å²) < 4.78 is 215. The summed E-state index contributed by atoms with van der Waals surface area (Å²) >= 11 is 0. The Bertz CT molecular complexity index is 3710. The molecule has 9 aromatic carbocycles. The molecule has 0 amide bonds. The average molecular weight is 529 g/mol. The summed E-state index contributed by atoms with van der Waals surface area (Å²) in [7, 11) is 0. The predicted octanol–water partition coefficient (Wildman–Crippen LogP) is 11.4. The summed E-state index contributed by atoms with van der Waals surface area (Å²) in [4.78, 5) is 0. The zero-order valence-electron chi connectivity index (χ0n) is 44.0. The molecule has 0 aliphatic heterocycles. The number of hydrogen-bond donors (Lipinski definition) is 0. The second-order valence-electron chi connectivity index (χ2n) is 9.00. The lowest BCUT2D eigenvalue weighted by molar-refractivity contribution is 1.66. The van der Waals surface area contributed by atoms with Gasteiger partial charge in [0.2, 0.25) is 0 Å². The third-order valence-electron chi connectivity index (χ3n) is 6.88. The smallest absolute Gasteiger partial charge is 0.0622 e. The van der Waals surface area contributed by atoms with Crippen LogP contribution in [0, 0.1) is 0 Å². The van der Waals surface area contributed by atoms with E-state index in [9.17, 15) is 12.3 Å². The second-order valence-corrected chi connectivity index (χ2v) is 9.00. The molecule has 0 atom stereocenters. The lowest BCUT2D eigenvalue weighted by Gasteiger charge is -2.19. The van der Waals surface area contributed by atoms with E-state index in [1.807, 2.05) is 0 Å². The molecular weight excluding hydrogens is 480 g/mol. The Hall–Kier alpha value is -5.20. The fraction of sp³-hybridized carbons (Fsp3) is 0. The number of fused-ring (bicyclic) bond motifs is 4. The van der Waals surface area contributed by atoms with Crippen LogP contribution < -0.4 is 0 Å². The van der Waals surface area contributed by atoms with Crippen LogP contribution in [0.1, 0.15) is 32.9 Å². The van der Waals surface area contributed by atoms with E-state index in [4.69, 9.17) is 20.6 Å². The number of hydrogen-bond acceptors (Lipinski definition) is 0. The van der Waals surface area contributed by atoms with E-state index in [1.165, 1.54) is 0 Å². The lowest BCUT2D eigenvalue weighted by Crippen LogP contribution is -1.91. The summed E-state index contributed by atoms with van der Waals surface area (Å²) in [5.41, 5.74) is -2.45. The highest BCUT2D eigenvalue weighted by molar-refractivity contribution is 6.30. The third-order valence-corrected chi connectivity index (χ3v) is 6.88. The molecular formula is C40H24. The Morgan fingerprint density at radius 3 is 1.75 bits per heavy atom. The SMILES string of the molecule is [2H]c1c([2H])c([2H])c(-c2c([2H])c3c([2H])c([2H])c4c([2H])c([2H])c(-c5c6c([2H])c([2H])c([2H])c([2H])c6c([2H])c6c([2H])c([2H])c7c([2H])c([2H])c([2H])c([2H])c7c56)c5c([2H])c([2H])c(c2[2H])c3c45)c([2H])c1[2H]. The van der Waals surface area contributed by atoms with Crippen molar-refractivity contribution in [3.63, 3.8) is 0 Å². The minimum atomic E-state index is -0.896. The van der Waals surface area contributed by atoms with Gasteiger partial charge in [-0.15, -0.1) is 0 Å². The van der Waals surface area contributed by atoms with E-state index in [1.54, 1.807) is 0 Å². The number of benzene rings is 9. The van der Waals surface area contributed by atoms with Crippen molar-refractivity contribution < 1.29 is 32.9 Å². The Kier molecular flexibility index (Phi) is 1.82. The quantitative estimate of drug-likeness (QED) is 0.155. The van der Waals surface area contributed by atoms with Crippen LogP contribution in [0.25, 0.3) is 86.9 Å². The normalized spacial score (nSPS) is 20.4. The van der Waals surface area contributed by atoms with Crippen molar-refractivity contribution in [2.45, 2.75) is 0 Å². The molecule has 0 aliphatic rings. The molecule has 0 bridgehead atoms. The van der Waals surface area contributed by atoms with Crippen molar-refractivity contribution in [2.24, 2.45) is 0 Å². The molecule has 0 saturated heterocycles. The predicted molar refractivity (Wildman–Crippen MR) is 174 cm³/mol. The van der Waals surface area contributed by atoms with E-state index in [0.29, 0.717) is 0 Å². The van der Waals surface area contributed by atoms with Gasteiger partial charge < -0.3 is 0 Å². The van der Waals surface area contributed by atoms with Crippen molar-refractivity contribution >= 4 is 64.6 Å². The van der Waals surface area contributed by atoms with E-state index < -0.39 is 221 Å². The second kappa shape index (κ2) is 8.15. The topological polar surface area (TPSA) is 0 Å². The first-order chi connectivity index (χ1) is 29.9. The molecule has 0 nitrogen and oxygen atoms in total. The molecule has 0 aliphatic carbocycles. The molecule has 0 aromatic heterocycles. The Morgan fingerprint density at radius 2 is 0.925 bits per heavy atom. The molecule has 184 valence electrons. The van der Waals surface area contributed by atoms with Crippen molar-refractivity contribution in [1.29, 1.82) is 0 Å². The highest BCUT2D eigenvalue weighted by atomic mass is 14.2. The fourth-order valence-electron chi connectivity index (χ4n) is 5.22. The monoisotopic (exact) mass is 528 g/mol. The maximum absolute atomic E-state index is 9.63. The van der Waals surface area contributed by atoms with Gasteiger partial charge in [-0.3, -0.25) is 0 Å². The van der Waals surface area contributed by atoms with Gasteiger partial charge in [-0.1, -0.05) is 127 Å². The van der Waals surface area contributed by atoms with Gasteiger partial charge in [0.25, 0.3) is 0 Å². The molecule has 0 spiro atoms. The van der Waals surface area contributed by atoms with Crippen molar-refractivity contribution in [1.82, 2.24) is 0 Å². The zero-order valence-corrected chi connectivity index (χ0v) is 20.0. The maximum atomic E-state index is 9.63. The first-order valence-electron chi connectivity index (χ1n) is 24.0. The summed E-state index contributed by atoms with van der Waals surface area (Å²) in [5, 5.41) is -6.06. The van der Waals surface area contributed by atoms with Crippen LogP contribution in [0.15, 0.2) is 145 Å². The van der Waals surface area contributed by atoms with Crippen LogP contribution >= 0.6 is 0 Å². The van der Waals surface area contributed by atoms with Crippen LogP contribution in [0.3, 0.4) is 0 Å². The van der Waals surface area contributed by atoms with Crippen LogP contribution in [0.2, 0.25) is 0 Å². The minimum Gasteiger partial charge on any atom is -0.0622 e. The molecule has 0 unspecified atom stereocenters. The van der Waals surface area contributed by atoms with Gasteiger partial charge in [-0.2, -0.15) is 0 Å². The highest BCUT2D eigenvalue weighted by Crippen LogP contribution is 2.46. The van der Waals surface area contributed by atoms with E-state index in [-0.39, 0.29) is 10.8 Å². The van der Waals surface area contributed by atoms with Gasteiger partial charge in [-0.05, 0) is 105 Å².